The molecule has 1 unspecified atom stereocenters. The Morgan fingerprint density at radius 1 is 0.837 bits per heavy atom. The van der Waals surface area contributed by atoms with E-state index in [-0.39, 0.29) is 34.4 Å². The zero-order chi connectivity index (χ0) is 30.1. The molecule has 0 saturated carbocycles. The standard InChI is InChI=1S/C35H30N2O5S/c1-23-8-18-29(19-9-23)43(39,40)36-31-22-32(25-10-14-27(41-2)15-11-25)37-21-20-24-6-4-5-7-30(24)34(37)33(31)35(38)26-12-16-28(42-3)17-13-26/h4-21,32H,22H2,1-3H3/b36-31+. The van der Waals surface area contributed by atoms with Crippen LogP contribution in [0.25, 0.3) is 11.8 Å². The number of fused-ring (bicyclic) bond motifs is 3. The highest BCUT2D eigenvalue weighted by Crippen LogP contribution is 2.45. The summed E-state index contributed by atoms with van der Waals surface area (Å²) >= 11 is 0. The molecule has 0 saturated heterocycles. The Balaban J connectivity index is 1.61. The molecule has 216 valence electrons. The van der Waals surface area contributed by atoms with Crippen molar-refractivity contribution in [1.82, 2.24) is 4.90 Å². The fraction of sp³-hybridized carbons (Fsp3) is 0.143. The number of rotatable bonds is 7. The number of sulfonamides is 1. The van der Waals surface area contributed by atoms with E-state index < -0.39 is 10.0 Å². The van der Waals surface area contributed by atoms with Gasteiger partial charge in [-0.2, -0.15) is 12.8 Å². The molecule has 0 bridgehead atoms. The number of carbonyl (C=O) groups excluding carboxylic acids is 1. The molecular weight excluding hydrogens is 560 g/mol. The number of methoxy groups -OCH3 is 2. The first-order valence-electron chi connectivity index (χ1n) is 13.8. The van der Waals surface area contributed by atoms with E-state index in [2.05, 4.69) is 9.30 Å². The normalized spacial score (nSPS) is 17.0. The van der Waals surface area contributed by atoms with E-state index in [9.17, 15) is 13.2 Å². The predicted molar refractivity (Wildman–Crippen MR) is 168 cm³/mol. The van der Waals surface area contributed by atoms with Crippen molar-refractivity contribution >= 4 is 33.3 Å². The van der Waals surface area contributed by atoms with Crippen molar-refractivity contribution < 1.29 is 22.7 Å². The van der Waals surface area contributed by atoms with E-state index in [0.717, 1.165) is 22.3 Å². The van der Waals surface area contributed by atoms with Gasteiger partial charge in [0.15, 0.2) is 5.78 Å². The van der Waals surface area contributed by atoms with Gasteiger partial charge in [-0.25, -0.2) is 0 Å². The summed E-state index contributed by atoms with van der Waals surface area (Å²) in [6.45, 7) is 1.89. The molecule has 2 heterocycles. The Bertz CT molecular complexity index is 1890. The number of allylic oxidation sites excluding steroid dienone is 1. The molecule has 0 aliphatic carbocycles. The number of Topliss-reactive ketones (excluding diaryl/α,β-unsaturated/α-hetero) is 1. The number of aryl methyl sites for hydroxylation is 1. The van der Waals surface area contributed by atoms with Gasteiger partial charge in [-0.15, -0.1) is 0 Å². The van der Waals surface area contributed by atoms with Crippen molar-refractivity contribution in [3.05, 3.63) is 137 Å². The van der Waals surface area contributed by atoms with Crippen LogP contribution in [0.3, 0.4) is 0 Å². The van der Waals surface area contributed by atoms with Crippen LogP contribution in [0.15, 0.2) is 118 Å². The summed E-state index contributed by atoms with van der Waals surface area (Å²) < 4.78 is 42.6. The first kappa shape index (κ1) is 28.2. The third-order valence-corrected chi connectivity index (χ3v) is 9.09. The van der Waals surface area contributed by atoms with Crippen LogP contribution in [0, 0.1) is 6.92 Å². The van der Waals surface area contributed by atoms with Gasteiger partial charge in [-0.3, -0.25) is 4.79 Å². The minimum atomic E-state index is -4.14. The summed E-state index contributed by atoms with van der Waals surface area (Å²) in [6, 6.07) is 28.5. The van der Waals surface area contributed by atoms with Crippen LogP contribution >= 0.6 is 0 Å². The topological polar surface area (TPSA) is 85.3 Å². The molecule has 1 atom stereocenters. The highest BCUT2D eigenvalue weighted by atomic mass is 32.2. The second kappa shape index (κ2) is 11.4. The average molecular weight is 591 g/mol. The van der Waals surface area contributed by atoms with Crippen LogP contribution in [0.4, 0.5) is 0 Å². The van der Waals surface area contributed by atoms with Crippen LogP contribution in [0.5, 0.6) is 11.5 Å². The number of carbonyl (C=O) groups is 1. The Kier molecular flexibility index (Phi) is 7.46. The third kappa shape index (κ3) is 5.37. The number of benzene rings is 4. The van der Waals surface area contributed by atoms with Gasteiger partial charge in [0.25, 0.3) is 10.0 Å². The molecule has 0 spiro atoms. The monoisotopic (exact) mass is 590 g/mol. The summed E-state index contributed by atoms with van der Waals surface area (Å²) in [5.41, 5.74) is 5.08. The number of ketones is 1. The van der Waals surface area contributed by atoms with Gasteiger partial charge in [-0.1, -0.05) is 54.1 Å². The average Bonchev–Trinajstić information content (AvgIpc) is 3.04. The summed E-state index contributed by atoms with van der Waals surface area (Å²) in [6.07, 6.45) is 4.15. The van der Waals surface area contributed by atoms with E-state index in [4.69, 9.17) is 9.47 Å². The first-order chi connectivity index (χ1) is 20.8. The molecule has 2 aliphatic heterocycles. The number of hydrogen-bond donors (Lipinski definition) is 0. The zero-order valence-corrected chi connectivity index (χ0v) is 24.8. The molecule has 0 amide bonds. The number of hydrogen-bond acceptors (Lipinski definition) is 6. The molecule has 2 aliphatic rings. The fourth-order valence-electron chi connectivity index (χ4n) is 5.50. The molecular formula is C35H30N2O5S. The van der Waals surface area contributed by atoms with E-state index in [0.29, 0.717) is 22.8 Å². The lowest BCUT2D eigenvalue weighted by molar-refractivity contribution is 0.103. The molecule has 0 radical (unpaired) electrons. The van der Waals surface area contributed by atoms with Crippen LogP contribution in [-0.4, -0.2) is 39.0 Å². The summed E-state index contributed by atoms with van der Waals surface area (Å²) in [7, 11) is -0.972. The zero-order valence-electron chi connectivity index (χ0n) is 24.0. The molecule has 8 heteroatoms. The molecule has 43 heavy (non-hydrogen) atoms. The van der Waals surface area contributed by atoms with Gasteiger partial charge >= 0.3 is 0 Å². The van der Waals surface area contributed by atoms with E-state index in [1.54, 1.807) is 62.8 Å². The minimum Gasteiger partial charge on any atom is -0.497 e. The maximum atomic E-state index is 14.4. The van der Waals surface area contributed by atoms with Gasteiger partial charge in [0.05, 0.1) is 42.1 Å². The maximum Gasteiger partial charge on any atom is 0.282 e. The fourth-order valence-corrected chi connectivity index (χ4v) is 6.54. The van der Waals surface area contributed by atoms with Crippen molar-refractivity contribution in [2.45, 2.75) is 24.3 Å². The van der Waals surface area contributed by atoms with Gasteiger partial charge in [0, 0.05) is 23.7 Å². The van der Waals surface area contributed by atoms with Gasteiger partial charge < -0.3 is 14.4 Å². The third-order valence-electron chi connectivity index (χ3n) is 7.77. The summed E-state index contributed by atoms with van der Waals surface area (Å²) in [4.78, 5) is 16.5. The Morgan fingerprint density at radius 3 is 2.12 bits per heavy atom. The first-order valence-corrected chi connectivity index (χ1v) is 15.3. The minimum absolute atomic E-state index is 0.0687. The highest BCUT2D eigenvalue weighted by Gasteiger charge is 2.39. The van der Waals surface area contributed by atoms with Gasteiger partial charge in [-0.05, 0) is 72.7 Å². The lowest BCUT2D eigenvalue weighted by atomic mass is 9.82. The van der Waals surface area contributed by atoms with Crippen molar-refractivity contribution in [3.8, 4) is 11.5 Å². The van der Waals surface area contributed by atoms with Crippen molar-refractivity contribution in [2.24, 2.45) is 4.40 Å². The lowest BCUT2D eigenvalue weighted by Crippen LogP contribution is -2.36. The Labute approximate surface area is 251 Å². The number of nitrogens with zero attached hydrogens (tertiary/aromatic N) is 2. The number of ether oxygens (including phenoxy) is 2. The largest absolute Gasteiger partial charge is 0.497 e. The second-order valence-corrected chi connectivity index (χ2v) is 12.0. The SMILES string of the molecule is COc1ccc(C(=O)C2=C3c4ccccc4C=CN3C(c3ccc(OC)cc3)C/C2=N\S(=O)(=O)c2ccc(C)cc2)cc1. The quantitative estimate of drug-likeness (QED) is 0.219. The Hall–Kier alpha value is -4.95. The molecule has 0 N–H and O–H groups in total. The van der Waals surface area contributed by atoms with Crippen LogP contribution in [-0.2, 0) is 10.0 Å². The molecule has 6 rings (SSSR count). The van der Waals surface area contributed by atoms with Crippen molar-refractivity contribution in [2.75, 3.05) is 14.2 Å². The Morgan fingerprint density at radius 2 is 1.47 bits per heavy atom. The van der Waals surface area contributed by atoms with Crippen LogP contribution in [0.2, 0.25) is 0 Å². The molecule has 7 nitrogen and oxygen atoms in total. The van der Waals surface area contributed by atoms with E-state index >= 15 is 0 Å². The molecule has 4 aromatic carbocycles. The smallest absolute Gasteiger partial charge is 0.282 e. The molecule has 0 fully saturated rings. The van der Waals surface area contributed by atoms with Crippen molar-refractivity contribution in [3.63, 3.8) is 0 Å². The van der Waals surface area contributed by atoms with Gasteiger partial charge in [0.1, 0.15) is 11.5 Å². The summed E-state index contributed by atoms with van der Waals surface area (Å²) in [5.74, 6) is 1.00. The predicted octanol–water partition coefficient (Wildman–Crippen LogP) is 6.87. The van der Waals surface area contributed by atoms with Crippen LogP contribution in [0.1, 0.15) is 45.1 Å². The van der Waals surface area contributed by atoms with Crippen molar-refractivity contribution in [1.29, 1.82) is 0 Å². The lowest BCUT2D eigenvalue weighted by Gasteiger charge is -2.41. The maximum absolute atomic E-state index is 14.4. The van der Waals surface area contributed by atoms with Crippen LogP contribution < -0.4 is 9.47 Å². The molecule has 4 aromatic rings. The highest BCUT2D eigenvalue weighted by molar-refractivity contribution is 7.90. The second-order valence-electron chi connectivity index (χ2n) is 10.4. The van der Waals surface area contributed by atoms with E-state index in [1.165, 1.54) is 0 Å². The van der Waals surface area contributed by atoms with E-state index in [1.807, 2.05) is 67.7 Å². The van der Waals surface area contributed by atoms with Gasteiger partial charge in [0.2, 0.25) is 0 Å². The summed E-state index contributed by atoms with van der Waals surface area (Å²) in [5, 5.41) is 0. The molecule has 0 aromatic heterocycles.